The number of methoxy groups -OCH3 is 2. The second-order valence-corrected chi connectivity index (χ2v) is 8.21. The number of carbonyl (C=O) groups is 3. The summed E-state index contributed by atoms with van der Waals surface area (Å²) in [6.07, 6.45) is 0. The maximum absolute atomic E-state index is 14.0. The highest BCUT2D eigenvalue weighted by Gasteiger charge is 2.62. The van der Waals surface area contributed by atoms with E-state index < -0.39 is 23.4 Å². The smallest absolute Gasteiger partial charge is 0.341 e. The summed E-state index contributed by atoms with van der Waals surface area (Å²) >= 11 is 8.88. The van der Waals surface area contributed by atoms with Gasteiger partial charge in [-0.3, -0.25) is 4.79 Å². The van der Waals surface area contributed by atoms with Gasteiger partial charge in [0, 0.05) is 10.0 Å². The standard InChI is InChI=1S/C22H17BrN2O5S/c1-29-19(26)15-17(20(27)30-2)22(24-18(15)31)16-13(23)9-6-10-14(16)25(21(22)28)11-12-7-4-3-5-8-12/h3-10H,11H2,1-2H3,(H,24,31)/t22-/m0/s1. The molecular weight excluding hydrogens is 484 g/mol. The van der Waals surface area contributed by atoms with E-state index in [0.29, 0.717) is 15.7 Å². The van der Waals surface area contributed by atoms with Gasteiger partial charge in [-0.2, -0.15) is 0 Å². The van der Waals surface area contributed by atoms with Crippen LogP contribution in [0.5, 0.6) is 0 Å². The molecule has 0 saturated heterocycles. The lowest BCUT2D eigenvalue weighted by atomic mass is 9.84. The number of halogens is 1. The summed E-state index contributed by atoms with van der Waals surface area (Å²) in [4.78, 5) is 40.9. The van der Waals surface area contributed by atoms with E-state index in [2.05, 4.69) is 21.2 Å². The molecule has 0 fully saturated rings. The summed E-state index contributed by atoms with van der Waals surface area (Å²) in [6, 6.07) is 14.8. The van der Waals surface area contributed by atoms with Crippen LogP contribution in [-0.2, 0) is 35.9 Å². The molecule has 1 N–H and O–H groups in total. The number of hydrogen-bond acceptors (Lipinski definition) is 6. The van der Waals surface area contributed by atoms with Crippen LogP contribution in [0.1, 0.15) is 11.1 Å². The van der Waals surface area contributed by atoms with Crippen LogP contribution in [0.15, 0.2) is 64.1 Å². The first-order valence-electron chi connectivity index (χ1n) is 9.25. The number of ether oxygens (including phenoxy) is 2. The fraction of sp³-hybridized carbons (Fsp3) is 0.182. The van der Waals surface area contributed by atoms with Crippen LogP contribution < -0.4 is 10.2 Å². The van der Waals surface area contributed by atoms with Crippen molar-refractivity contribution in [2.75, 3.05) is 19.1 Å². The van der Waals surface area contributed by atoms with Crippen molar-refractivity contribution >= 4 is 56.7 Å². The van der Waals surface area contributed by atoms with Gasteiger partial charge in [0.15, 0.2) is 5.54 Å². The summed E-state index contributed by atoms with van der Waals surface area (Å²) in [5.74, 6) is -2.11. The predicted molar refractivity (Wildman–Crippen MR) is 120 cm³/mol. The van der Waals surface area contributed by atoms with Crippen molar-refractivity contribution in [2.24, 2.45) is 0 Å². The number of thiocarbonyl (C=S) groups is 1. The molecule has 31 heavy (non-hydrogen) atoms. The van der Waals surface area contributed by atoms with Gasteiger partial charge in [-0.15, -0.1) is 0 Å². The molecule has 158 valence electrons. The van der Waals surface area contributed by atoms with E-state index in [-0.39, 0.29) is 22.7 Å². The molecule has 2 aliphatic rings. The zero-order valence-electron chi connectivity index (χ0n) is 16.6. The van der Waals surface area contributed by atoms with Crippen LogP contribution in [0, 0.1) is 0 Å². The van der Waals surface area contributed by atoms with Crippen molar-refractivity contribution in [3.63, 3.8) is 0 Å². The number of fused-ring (bicyclic) bond motifs is 2. The van der Waals surface area contributed by atoms with Gasteiger partial charge in [0.05, 0.1) is 32.0 Å². The number of rotatable bonds is 4. The van der Waals surface area contributed by atoms with Gasteiger partial charge in [-0.25, -0.2) is 9.59 Å². The molecular formula is C22H17BrN2O5S. The third kappa shape index (κ3) is 3.07. The van der Waals surface area contributed by atoms with E-state index >= 15 is 0 Å². The largest absolute Gasteiger partial charge is 0.466 e. The molecule has 2 aromatic carbocycles. The highest BCUT2D eigenvalue weighted by Crippen LogP contribution is 2.51. The van der Waals surface area contributed by atoms with Crippen LogP contribution in [-0.4, -0.2) is 37.1 Å². The fourth-order valence-corrected chi connectivity index (χ4v) is 5.04. The van der Waals surface area contributed by atoms with E-state index in [9.17, 15) is 14.4 Å². The van der Waals surface area contributed by atoms with Crippen LogP contribution >= 0.6 is 28.1 Å². The molecule has 1 spiro atoms. The molecule has 2 aliphatic heterocycles. The van der Waals surface area contributed by atoms with E-state index in [0.717, 1.165) is 5.56 Å². The summed E-state index contributed by atoms with van der Waals surface area (Å²) in [6.45, 7) is 0.265. The Balaban J connectivity index is 1.99. The quantitative estimate of drug-likeness (QED) is 0.510. The zero-order chi connectivity index (χ0) is 22.3. The van der Waals surface area contributed by atoms with Gasteiger partial charge in [-0.1, -0.05) is 64.5 Å². The second-order valence-electron chi connectivity index (χ2n) is 6.95. The second kappa shape index (κ2) is 7.90. The summed E-state index contributed by atoms with van der Waals surface area (Å²) in [5.41, 5.74) is -0.0981. The molecule has 0 bridgehead atoms. The summed E-state index contributed by atoms with van der Waals surface area (Å²) in [5, 5.41) is 2.96. The Morgan fingerprint density at radius 3 is 2.39 bits per heavy atom. The van der Waals surface area contributed by atoms with E-state index in [4.69, 9.17) is 21.7 Å². The monoisotopic (exact) mass is 500 g/mol. The number of carbonyl (C=O) groups excluding carboxylic acids is 3. The van der Waals surface area contributed by atoms with Gasteiger partial charge < -0.3 is 19.7 Å². The number of anilines is 1. The molecule has 9 heteroatoms. The molecule has 2 heterocycles. The lowest BCUT2D eigenvalue weighted by Crippen LogP contribution is -2.51. The van der Waals surface area contributed by atoms with Gasteiger partial charge in [0.1, 0.15) is 10.6 Å². The number of benzene rings is 2. The topological polar surface area (TPSA) is 84.9 Å². The van der Waals surface area contributed by atoms with Crippen molar-refractivity contribution in [3.8, 4) is 0 Å². The normalized spacial score (nSPS) is 19.5. The van der Waals surface area contributed by atoms with Crippen LogP contribution in [0.4, 0.5) is 5.69 Å². The SMILES string of the molecule is COC(=O)C1=C(C(=O)OC)[C@]2(NC1=S)C(=O)N(Cc1ccccc1)c1cccc(Br)c12. The average Bonchev–Trinajstić information content (AvgIpc) is 3.21. The highest BCUT2D eigenvalue weighted by molar-refractivity contribution is 9.10. The summed E-state index contributed by atoms with van der Waals surface area (Å²) < 4.78 is 10.4. The molecule has 7 nitrogen and oxygen atoms in total. The average molecular weight is 501 g/mol. The first kappa shape index (κ1) is 21.2. The van der Waals surface area contributed by atoms with Gasteiger partial charge in [0.2, 0.25) is 0 Å². The van der Waals surface area contributed by atoms with Crippen LogP contribution in [0.25, 0.3) is 0 Å². The molecule has 4 rings (SSSR count). The van der Waals surface area contributed by atoms with Crippen molar-refractivity contribution in [1.82, 2.24) is 5.32 Å². The minimum absolute atomic E-state index is 0.0520. The molecule has 0 saturated carbocycles. The highest BCUT2D eigenvalue weighted by atomic mass is 79.9. The van der Waals surface area contributed by atoms with E-state index in [1.165, 1.54) is 14.2 Å². The van der Waals surface area contributed by atoms with E-state index in [1.54, 1.807) is 23.1 Å². The molecule has 2 aromatic rings. The van der Waals surface area contributed by atoms with Gasteiger partial charge >= 0.3 is 11.9 Å². The Kier molecular flexibility index (Phi) is 5.40. The summed E-state index contributed by atoms with van der Waals surface area (Å²) in [7, 11) is 2.36. The first-order chi connectivity index (χ1) is 14.9. The fourth-order valence-electron chi connectivity index (χ4n) is 4.05. The third-order valence-electron chi connectivity index (χ3n) is 5.34. The van der Waals surface area contributed by atoms with Gasteiger partial charge in [0.25, 0.3) is 5.91 Å². The third-order valence-corrected chi connectivity index (χ3v) is 6.31. The number of esters is 2. The first-order valence-corrected chi connectivity index (χ1v) is 10.5. The van der Waals surface area contributed by atoms with Crippen LogP contribution in [0.3, 0.4) is 0 Å². The van der Waals surface area contributed by atoms with Crippen molar-refractivity contribution < 1.29 is 23.9 Å². The number of nitrogens with zero attached hydrogens (tertiary/aromatic N) is 1. The molecule has 1 amide bonds. The van der Waals surface area contributed by atoms with Crippen molar-refractivity contribution in [3.05, 3.63) is 75.3 Å². The number of nitrogens with one attached hydrogen (secondary N) is 1. The zero-order valence-corrected chi connectivity index (χ0v) is 19.0. The Bertz CT molecular complexity index is 1160. The maximum atomic E-state index is 14.0. The number of amides is 1. The molecule has 0 aromatic heterocycles. The molecule has 0 aliphatic carbocycles. The lowest BCUT2D eigenvalue weighted by molar-refractivity contribution is -0.140. The van der Waals surface area contributed by atoms with E-state index in [1.807, 2.05) is 30.3 Å². The Labute approximate surface area is 192 Å². The minimum atomic E-state index is -1.71. The number of hydrogen-bond donors (Lipinski definition) is 1. The predicted octanol–water partition coefficient (Wildman–Crippen LogP) is 2.76. The van der Waals surface area contributed by atoms with Crippen molar-refractivity contribution in [1.29, 1.82) is 0 Å². The Morgan fingerprint density at radius 1 is 1.06 bits per heavy atom. The molecule has 0 radical (unpaired) electrons. The minimum Gasteiger partial charge on any atom is -0.466 e. The van der Waals surface area contributed by atoms with Crippen molar-refractivity contribution in [2.45, 2.75) is 12.1 Å². The van der Waals surface area contributed by atoms with Gasteiger partial charge in [-0.05, 0) is 17.7 Å². The Morgan fingerprint density at radius 2 is 1.74 bits per heavy atom. The molecule has 0 unspecified atom stereocenters. The Hall–Kier alpha value is -3.04. The lowest BCUT2D eigenvalue weighted by Gasteiger charge is -2.27. The maximum Gasteiger partial charge on any atom is 0.341 e. The molecule has 1 atom stereocenters. The van der Waals surface area contributed by atoms with Crippen LogP contribution in [0.2, 0.25) is 0 Å².